The maximum Gasteiger partial charge on any atom is 0.227 e. The third-order valence-electron chi connectivity index (χ3n) is 2.71. The summed E-state index contributed by atoms with van der Waals surface area (Å²) < 4.78 is 10.3. The van der Waals surface area contributed by atoms with Gasteiger partial charge in [-0.25, -0.2) is 0 Å². The topological polar surface area (TPSA) is 73.6 Å². The molecule has 0 saturated carbocycles. The third kappa shape index (κ3) is 3.63. The van der Waals surface area contributed by atoms with Crippen molar-refractivity contribution < 1.29 is 14.3 Å². The molecule has 1 atom stereocenters. The Morgan fingerprint density at radius 3 is 2.67 bits per heavy atom. The molecule has 0 aliphatic rings. The number of hydrogen-bond acceptors (Lipinski definition) is 4. The second-order valence-electron chi connectivity index (χ2n) is 4.03. The summed E-state index contributed by atoms with van der Waals surface area (Å²) in [6.07, 6.45) is 0.657. The number of nitrogens with two attached hydrogens (primary N) is 1. The summed E-state index contributed by atoms with van der Waals surface area (Å²) >= 11 is 0. The lowest BCUT2D eigenvalue weighted by Crippen LogP contribution is -2.22. The molecule has 0 aliphatic heterocycles. The summed E-state index contributed by atoms with van der Waals surface area (Å²) in [6.45, 7) is 2.34. The maximum absolute atomic E-state index is 11.9. The molecule has 5 heteroatoms. The monoisotopic (exact) mass is 252 g/mol. The number of methoxy groups -OCH3 is 2. The van der Waals surface area contributed by atoms with Crippen LogP contribution in [-0.2, 0) is 4.79 Å². The highest BCUT2D eigenvalue weighted by Gasteiger charge is 2.14. The first-order chi connectivity index (χ1) is 8.62. The number of carbonyl (C=O) groups excluding carboxylic acids is 1. The fourth-order valence-electron chi connectivity index (χ4n) is 1.54. The summed E-state index contributed by atoms with van der Waals surface area (Å²) in [4.78, 5) is 11.9. The van der Waals surface area contributed by atoms with Gasteiger partial charge in [-0.15, -0.1) is 0 Å². The molecule has 3 N–H and O–H groups in total. The molecule has 5 nitrogen and oxygen atoms in total. The number of nitrogens with one attached hydrogen (secondary N) is 1. The summed E-state index contributed by atoms with van der Waals surface area (Å²) in [6, 6.07) is 5.25. The first-order valence-corrected chi connectivity index (χ1v) is 5.85. The van der Waals surface area contributed by atoms with Gasteiger partial charge in [0.15, 0.2) is 0 Å². The van der Waals surface area contributed by atoms with Gasteiger partial charge in [-0.3, -0.25) is 4.79 Å². The van der Waals surface area contributed by atoms with Gasteiger partial charge < -0.3 is 20.5 Å². The van der Waals surface area contributed by atoms with Crippen LogP contribution in [0.15, 0.2) is 18.2 Å². The molecule has 0 heterocycles. The number of amides is 1. The molecular formula is C13H20N2O3. The van der Waals surface area contributed by atoms with Crippen molar-refractivity contribution >= 4 is 11.6 Å². The van der Waals surface area contributed by atoms with E-state index in [2.05, 4.69) is 5.32 Å². The molecular weight excluding hydrogens is 232 g/mol. The molecule has 0 fully saturated rings. The molecule has 0 aromatic heterocycles. The van der Waals surface area contributed by atoms with Gasteiger partial charge in [0, 0.05) is 12.0 Å². The number of hydrogen-bond donors (Lipinski definition) is 2. The van der Waals surface area contributed by atoms with E-state index in [1.165, 1.54) is 0 Å². The Bertz CT molecular complexity index is 407. The zero-order valence-electron chi connectivity index (χ0n) is 11.0. The van der Waals surface area contributed by atoms with Crippen molar-refractivity contribution in [3.05, 3.63) is 18.2 Å². The fraction of sp³-hybridized carbons (Fsp3) is 0.462. The molecule has 1 aromatic carbocycles. The Morgan fingerprint density at radius 1 is 1.39 bits per heavy atom. The van der Waals surface area contributed by atoms with Crippen molar-refractivity contribution in [2.75, 3.05) is 26.1 Å². The Hall–Kier alpha value is -1.75. The van der Waals surface area contributed by atoms with Crippen LogP contribution in [0, 0.1) is 5.92 Å². The van der Waals surface area contributed by atoms with Crippen LogP contribution in [0.4, 0.5) is 5.69 Å². The fourth-order valence-corrected chi connectivity index (χ4v) is 1.54. The molecule has 0 saturated heterocycles. The van der Waals surface area contributed by atoms with Crippen LogP contribution in [0.1, 0.15) is 13.3 Å². The predicted octanol–water partition coefficient (Wildman–Crippen LogP) is 1.63. The Labute approximate surface area is 107 Å². The first kappa shape index (κ1) is 14.3. The summed E-state index contributed by atoms with van der Waals surface area (Å²) in [7, 11) is 3.13. The lowest BCUT2D eigenvalue weighted by Gasteiger charge is -2.14. The van der Waals surface area contributed by atoms with Crippen molar-refractivity contribution in [1.29, 1.82) is 0 Å². The third-order valence-corrected chi connectivity index (χ3v) is 2.71. The van der Waals surface area contributed by atoms with Crippen LogP contribution >= 0.6 is 0 Å². The molecule has 1 unspecified atom stereocenters. The van der Waals surface area contributed by atoms with E-state index in [9.17, 15) is 4.79 Å². The van der Waals surface area contributed by atoms with Crippen LogP contribution in [-0.4, -0.2) is 26.7 Å². The van der Waals surface area contributed by atoms with E-state index in [0.29, 0.717) is 30.2 Å². The lowest BCUT2D eigenvalue weighted by molar-refractivity contribution is -0.119. The average molecular weight is 252 g/mol. The quantitative estimate of drug-likeness (QED) is 0.807. The van der Waals surface area contributed by atoms with Gasteiger partial charge in [0.2, 0.25) is 5.91 Å². The molecule has 1 aromatic rings. The van der Waals surface area contributed by atoms with Crippen LogP contribution < -0.4 is 20.5 Å². The number of benzene rings is 1. The molecule has 100 valence electrons. The van der Waals surface area contributed by atoms with Gasteiger partial charge in [0.25, 0.3) is 0 Å². The maximum atomic E-state index is 11.9. The Kier molecular flexibility index (Phi) is 5.45. The van der Waals surface area contributed by atoms with E-state index in [-0.39, 0.29) is 11.8 Å². The van der Waals surface area contributed by atoms with Crippen LogP contribution in [0.3, 0.4) is 0 Å². The second kappa shape index (κ2) is 6.86. The minimum absolute atomic E-state index is 0.0658. The SMILES string of the molecule is COc1ccc(NC(=O)C(C)CCN)c(OC)c1. The highest BCUT2D eigenvalue weighted by atomic mass is 16.5. The normalized spacial score (nSPS) is 11.8. The van der Waals surface area contributed by atoms with Crippen LogP contribution in [0.5, 0.6) is 11.5 Å². The molecule has 0 radical (unpaired) electrons. The van der Waals surface area contributed by atoms with Gasteiger partial charge in [-0.1, -0.05) is 6.92 Å². The predicted molar refractivity (Wildman–Crippen MR) is 71.0 cm³/mol. The molecule has 0 spiro atoms. The number of anilines is 1. The Balaban J connectivity index is 2.80. The number of rotatable bonds is 6. The van der Waals surface area contributed by atoms with E-state index in [0.717, 1.165) is 0 Å². The molecule has 1 rings (SSSR count). The summed E-state index contributed by atoms with van der Waals surface area (Å²) in [5.74, 6) is 1.06. The van der Waals surface area contributed by atoms with Crippen molar-refractivity contribution in [3.63, 3.8) is 0 Å². The van der Waals surface area contributed by atoms with E-state index in [1.54, 1.807) is 32.4 Å². The van der Waals surface area contributed by atoms with E-state index in [4.69, 9.17) is 15.2 Å². The van der Waals surface area contributed by atoms with Gasteiger partial charge in [-0.05, 0) is 25.1 Å². The van der Waals surface area contributed by atoms with Crippen molar-refractivity contribution in [2.24, 2.45) is 11.7 Å². The van der Waals surface area contributed by atoms with Gasteiger partial charge in [0.1, 0.15) is 11.5 Å². The summed E-state index contributed by atoms with van der Waals surface area (Å²) in [5, 5.41) is 2.82. The summed E-state index contributed by atoms with van der Waals surface area (Å²) in [5.41, 5.74) is 6.06. The van der Waals surface area contributed by atoms with E-state index < -0.39 is 0 Å². The van der Waals surface area contributed by atoms with Crippen molar-refractivity contribution in [1.82, 2.24) is 0 Å². The van der Waals surface area contributed by atoms with E-state index in [1.807, 2.05) is 6.92 Å². The number of ether oxygens (including phenoxy) is 2. The zero-order chi connectivity index (χ0) is 13.5. The van der Waals surface area contributed by atoms with Crippen molar-refractivity contribution in [2.45, 2.75) is 13.3 Å². The zero-order valence-corrected chi connectivity index (χ0v) is 11.0. The van der Waals surface area contributed by atoms with Gasteiger partial charge >= 0.3 is 0 Å². The van der Waals surface area contributed by atoms with E-state index >= 15 is 0 Å². The highest BCUT2D eigenvalue weighted by molar-refractivity contribution is 5.93. The van der Waals surface area contributed by atoms with Crippen LogP contribution in [0.2, 0.25) is 0 Å². The first-order valence-electron chi connectivity index (χ1n) is 5.85. The smallest absolute Gasteiger partial charge is 0.227 e. The van der Waals surface area contributed by atoms with Crippen LogP contribution in [0.25, 0.3) is 0 Å². The minimum atomic E-state index is -0.123. The molecule has 0 aliphatic carbocycles. The lowest BCUT2D eigenvalue weighted by atomic mass is 10.1. The standard InChI is InChI=1S/C13H20N2O3/c1-9(6-7-14)13(16)15-11-5-4-10(17-2)8-12(11)18-3/h4-5,8-9H,6-7,14H2,1-3H3,(H,15,16). The molecule has 1 amide bonds. The molecule has 0 bridgehead atoms. The van der Waals surface area contributed by atoms with Gasteiger partial charge in [0.05, 0.1) is 19.9 Å². The van der Waals surface area contributed by atoms with Gasteiger partial charge in [-0.2, -0.15) is 0 Å². The second-order valence-corrected chi connectivity index (χ2v) is 4.03. The Morgan fingerprint density at radius 2 is 2.11 bits per heavy atom. The minimum Gasteiger partial charge on any atom is -0.497 e. The molecule has 18 heavy (non-hydrogen) atoms. The highest BCUT2D eigenvalue weighted by Crippen LogP contribution is 2.29. The largest absolute Gasteiger partial charge is 0.497 e. The number of carbonyl (C=O) groups is 1. The van der Waals surface area contributed by atoms with Crippen molar-refractivity contribution in [3.8, 4) is 11.5 Å². The average Bonchev–Trinajstić information content (AvgIpc) is 2.39.